The monoisotopic (exact) mass is 404 g/mol. The van der Waals surface area contributed by atoms with Gasteiger partial charge in [-0.15, -0.1) is 0 Å². The number of aryl methyl sites for hydroxylation is 1. The van der Waals surface area contributed by atoms with E-state index >= 15 is 0 Å². The van der Waals surface area contributed by atoms with Crippen LogP contribution in [0.15, 0.2) is 59.4 Å². The molecule has 8 heteroatoms. The average molecular weight is 404 g/mol. The van der Waals surface area contributed by atoms with Crippen molar-refractivity contribution >= 4 is 38.9 Å². The van der Waals surface area contributed by atoms with E-state index in [2.05, 4.69) is 15.4 Å². The fourth-order valence-electron chi connectivity index (χ4n) is 3.03. The highest BCUT2D eigenvalue weighted by molar-refractivity contribution is 7.18. The highest BCUT2D eigenvalue weighted by Gasteiger charge is 2.20. The first-order chi connectivity index (χ1) is 14.0. The zero-order valence-electron chi connectivity index (χ0n) is 15.7. The number of ketones is 1. The molecule has 0 radical (unpaired) electrons. The topological polar surface area (TPSA) is 94.0 Å². The van der Waals surface area contributed by atoms with E-state index in [9.17, 15) is 14.4 Å². The number of rotatable bonds is 4. The van der Waals surface area contributed by atoms with Crippen LogP contribution in [0.4, 0.5) is 5.13 Å². The van der Waals surface area contributed by atoms with E-state index in [1.54, 1.807) is 24.3 Å². The summed E-state index contributed by atoms with van der Waals surface area (Å²) in [5.41, 5.74) is 1.15. The first-order valence-electron chi connectivity index (χ1n) is 8.80. The molecule has 29 heavy (non-hydrogen) atoms. The minimum absolute atomic E-state index is 0.114. The average Bonchev–Trinajstić information content (AvgIpc) is 3.15. The maximum absolute atomic E-state index is 12.9. The molecule has 1 amide bonds. The summed E-state index contributed by atoms with van der Waals surface area (Å²) in [5, 5.41) is 8.00. The van der Waals surface area contributed by atoms with Crippen molar-refractivity contribution in [3.8, 4) is 11.3 Å². The van der Waals surface area contributed by atoms with Crippen LogP contribution >= 0.6 is 11.3 Å². The normalized spacial score (nSPS) is 10.8. The lowest BCUT2D eigenvalue weighted by molar-refractivity contribution is 0.101. The number of Topliss-reactive ketones (excluding diaryl/α,β-unsaturated/α-hetero) is 1. The predicted octanol–water partition coefficient (Wildman–Crippen LogP) is 3.51. The van der Waals surface area contributed by atoms with E-state index in [0.717, 1.165) is 21.6 Å². The summed E-state index contributed by atoms with van der Waals surface area (Å²) < 4.78 is 1.13. The first kappa shape index (κ1) is 18.7. The molecule has 4 aromatic rings. The van der Waals surface area contributed by atoms with Crippen LogP contribution in [-0.4, -0.2) is 26.5 Å². The Morgan fingerprint density at radius 3 is 2.34 bits per heavy atom. The van der Waals surface area contributed by atoms with Gasteiger partial charge in [-0.25, -0.2) is 9.67 Å². The van der Waals surface area contributed by atoms with Crippen LogP contribution in [-0.2, 0) is 7.05 Å². The largest absolute Gasteiger partial charge is 0.296 e. The van der Waals surface area contributed by atoms with Gasteiger partial charge in [0.2, 0.25) is 0 Å². The van der Waals surface area contributed by atoms with Crippen molar-refractivity contribution in [1.29, 1.82) is 0 Å². The molecule has 144 valence electrons. The minimum Gasteiger partial charge on any atom is -0.296 e. The summed E-state index contributed by atoms with van der Waals surface area (Å²) in [6, 6.07) is 16.1. The Morgan fingerprint density at radius 2 is 1.66 bits per heavy atom. The zero-order valence-corrected chi connectivity index (χ0v) is 16.5. The van der Waals surface area contributed by atoms with Gasteiger partial charge in [-0.3, -0.25) is 19.7 Å². The number of thiazole rings is 1. The van der Waals surface area contributed by atoms with Crippen LogP contribution in [0.1, 0.15) is 27.1 Å². The molecule has 0 fully saturated rings. The van der Waals surface area contributed by atoms with Gasteiger partial charge in [0.15, 0.2) is 16.6 Å². The molecule has 1 N–H and O–H groups in total. The third-order valence-electron chi connectivity index (χ3n) is 4.39. The lowest BCUT2D eigenvalue weighted by Gasteiger charge is -2.07. The molecule has 0 spiro atoms. The quantitative estimate of drug-likeness (QED) is 0.525. The van der Waals surface area contributed by atoms with E-state index in [1.165, 1.54) is 14.0 Å². The van der Waals surface area contributed by atoms with Crippen molar-refractivity contribution in [1.82, 2.24) is 14.8 Å². The van der Waals surface area contributed by atoms with Crippen molar-refractivity contribution in [3.63, 3.8) is 0 Å². The van der Waals surface area contributed by atoms with Crippen molar-refractivity contribution in [2.24, 2.45) is 7.05 Å². The Kier molecular flexibility index (Phi) is 4.77. The fourth-order valence-corrected chi connectivity index (χ4v) is 3.91. The maximum atomic E-state index is 12.9. The van der Waals surface area contributed by atoms with Gasteiger partial charge in [0.05, 0.1) is 16.0 Å². The van der Waals surface area contributed by atoms with Crippen LogP contribution in [0.3, 0.4) is 0 Å². The van der Waals surface area contributed by atoms with E-state index in [-0.39, 0.29) is 17.0 Å². The molecule has 2 heterocycles. The summed E-state index contributed by atoms with van der Waals surface area (Å²) in [6.45, 7) is 1.47. The van der Waals surface area contributed by atoms with Gasteiger partial charge < -0.3 is 0 Å². The second-order valence-corrected chi connectivity index (χ2v) is 7.40. The Bertz CT molecular complexity index is 1310. The van der Waals surface area contributed by atoms with Crippen LogP contribution < -0.4 is 10.9 Å². The molecule has 0 saturated heterocycles. The predicted molar refractivity (Wildman–Crippen MR) is 112 cm³/mol. The van der Waals surface area contributed by atoms with Crippen LogP contribution in [0, 0.1) is 0 Å². The van der Waals surface area contributed by atoms with Gasteiger partial charge in [-0.2, -0.15) is 5.10 Å². The minimum atomic E-state index is -0.500. The summed E-state index contributed by atoms with van der Waals surface area (Å²) in [7, 11) is 1.50. The van der Waals surface area contributed by atoms with E-state index < -0.39 is 5.91 Å². The number of anilines is 1. The van der Waals surface area contributed by atoms with Crippen molar-refractivity contribution in [2.45, 2.75) is 6.92 Å². The van der Waals surface area contributed by atoms with Crippen LogP contribution in [0.25, 0.3) is 22.0 Å². The molecule has 7 nitrogen and oxygen atoms in total. The molecule has 0 aliphatic heterocycles. The summed E-state index contributed by atoms with van der Waals surface area (Å²) in [4.78, 5) is 42.2. The van der Waals surface area contributed by atoms with Crippen LogP contribution in [0.2, 0.25) is 0 Å². The highest BCUT2D eigenvalue weighted by Crippen LogP contribution is 2.31. The first-order valence-corrected chi connectivity index (χ1v) is 9.62. The van der Waals surface area contributed by atoms with Crippen molar-refractivity contribution in [2.75, 3.05) is 5.32 Å². The number of hydrogen-bond donors (Lipinski definition) is 1. The third kappa shape index (κ3) is 3.45. The highest BCUT2D eigenvalue weighted by atomic mass is 32.1. The molecule has 0 bridgehead atoms. The molecule has 4 rings (SSSR count). The second kappa shape index (κ2) is 7.40. The summed E-state index contributed by atoms with van der Waals surface area (Å²) in [5.74, 6) is -0.632. The Hall–Kier alpha value is -3.65. The van der Waals surface area contributed by atoms with Gasteiger partial charge in [0, 0.05) is 24.9 Å². The molecule has 0 unspecified atom stereocenters. The third-order valence-corrected chi connectivity index (χ3v) is 5.46. The van der Waals surface area contributed by atoms with Gasteiger partial charge >= 0.3 is 0 Å². The number of amides is 1. The molecule has 0 aliphatic rings. The van der Waals surface area contributed by atoms with E-state index in [1.807, 2.05) is 30.3 Å². The van der Waals surface area contributed by atoms with Crippen LogP contribution in [0.5, 0.6) is 0 Å². The molecule has 2 aromatic carbocycles. The number of fused-ring (bicyclic) bond motifs is 1. The van der Waals surface area contributed by atoms with Crippen molar-refractivity contribution in [3.05, 3.63) is 75.5 Å². The lowest BCUT2D eigenvalue weighted by Crippen LogP contribution is -2.25. The Labute approximate surface area is 169 Å². The number of hydrogen-bond acceptors (Lipinski definition) is 6. The van der Waals surface area contributed by atoms with Gasteiger partial charge in [0.25, 0.3) is 11.5 Å². The molecule has 0 atom stereocenters. The Balaban J connectivity index is 1.75. The maximum Gasteiger partial charge on any atom is 0.278 e. The van der Waals surface area contributed by atoms with E-state index in [4.69, 9.17) is 0 Å². The number of carbonyl (C=O) groups is 2. The lowest BCUT2D eigenvalue weighted by atomic mass is 10.1. The number of aromatic nitrogens is 3. The summed E-state index contributed by atoms with van der Waals surface area (Å²) in [6.07, 6.45) is 0. The zero-order chi connectivity index (χ0) is 20.5. The van der Waals surface area contributed by atoms with Gasteiger partial charge in [0.1, 0.15) is 0 Å². The number of benzene rings is 2. The molecule has 0 aliphatic carbocycles. The van der Waals surface area contributed by atoms with Gasteiger partial charge in [-0.1, -0.05) is 59.9 Å². The summed E-state index contributed by atoms with van der Waals surface area (Å²) >= 11 is 1.11. The molecule has 2 aromatic heterocycles. The fraction of sp³-hybridized carbons (Fsp3) is 0.0952. The van der Waals surface area contributed by atoms with Crippen molar-refractivity contribution < 1.29 is 9.59 Å². The molecular weight excluding hydrogens is 388 g/mol. The smallest absolute Gasteiger partial charge is 0.278 e. The number of nitrogens with zero attached hydrogens (tertiary/aromatic N) is 3. The standard InChI is InChI=1S/C21H16N4O3S/c1-12(26)18-16(13-8-4-3-5-9-13)22-21(29-18)23-19(27)17-14-10-6-7-11-15(14)20(28)25(2)24-17/h3-11H,1-2H3,(H,22,23,27). The van der Waals surface area contributed by atoms with Gasteiger partial charge in [-0.05, 0) is 6.07 Å². The SMILES string of the molecule is CC(=O)c1sc(NC(=O)c2nn(C)c(=O)c3ccccc23)nc1-c1ccccc1. The Morgan fingerprint density at radius 1 is 1.00 bits per heavy atom. The molecular formula is C21H16N4O3S. The number of carbonyl (C=O) groups excluding carboxylic acids is 2. The number of nitrogens with one attached hydrogen (secondary N) is 1. The second-order valence-electron chi connectivity index (χ2n) is 6.40. The molecule has 0 saturated carbocycles. The van der Waals surface area contributed by atoms with E-state index in [0.29, 0.717) is 26.5 Å².